The Balaban J connectivity index is 1.58. The number of esters is 1. The van der Waals surface area contributed by atoms with Crippen molar-refractivity contribution in [3.05, 3.63) is 21.4 Å². The average molecular weight is 321 g/mol. The zero-order valence-corrected chi connectivity index (χ0v) is 13.8. The lowest BCUT2D eigenvalue weighted by atomic mass is 9.96. The topological polar surface area (TPSA) is 55.4 Å². The van der Waals surface area contributed by atoms with E-state index in [1.807, 2.05) is 5.38 Å². The van der Waals surface area contributed by atoms with Crippen molar-refractivity contribution in [1.29, 1.82) is 0 Å². The van der Waals surface area contributed by atoms with Gasteiger partial charge in [-0.1, -0.05) is 12.8 Å². The predicted molar refractivity (Wildman–Crippen MR) is 86.2 cm³/mol. The molecule has 120 valence electrons. The van der Waals surface area contributed by atoms with Crippen LogP contribution in [0, 0.1) is 0 Å². The number of rotatable bonds is 4. The second kappa shape index (κ2) is 6.82. The van der Waals surface area contributed by atoms with E-state index in [-0.39, 0.29) is 17.9 Å². The maximum Gasteiger partial charge on any atom is 0.340 e. The highest BCUT2D eigenvalue weighted by atomic mass is 32.1. The predicted octanol–water partition coefficient (Wildman–Crippen LogP) is 3.23. The summed E-state index contributed by atoms with van der Waals surface area (Å²) in [5, 5.41) is 4.87. The van der Waals surface area contributed by atoms with Crippen LogP contribution < -0.4 is 5.32 Å². The van der Waals surface area contributed by atoms with Crippen LogP contribution in [0.25, 0.3) is 0 Å². The molecule has 1 aromatic rings. The molecule has 4 nitrogen and oxygen atoms in total. The van der Waals surface area contributed by atoms with E-state index >= 15 is 0 Å². The van der Waals surface area contributed by atoms with E-state index < -0.39 is 6.10 Å². The van der Waals surface area contributed by atoms with Crippen LogP contribution >= 0.6 is 11.3 Å². The van der Waals surface area contributed by atoms with Crippen LogP contribution in [-0.2, 0) is 22.4 Å². The van der Waals surface area contributed by atoms with Gasteiger partial charge in [0.2, 0.25) is 0 Å². The van der Waals surface area contributed by atoms with E-state index in [0.29, 0.717) is 5.56 Å². The fourth-order valence-corrected chi connectivity index (χ4v) is 4.45. The minimum absolute atomic E-state index is 0.177. The van der Waals surface area contributed by atoms with Crippen LogP contribution in [0.15, 0.2) is 5.38 Å². The maximum absolute atomic E-state index is 12.3. The molecule has 1 heterocycles. The number of fused-ring (bicyclic) bond motifs is 1. The second-order valence-electron chi connectivity index (χ2n) is 6.30. The lowest BCUT2D eigenvalue weighted by molar-refractivity contribution is -0.129. The summed E-state index contributed by atoms with van der Waals surface area (Å²) in [6.07, 6.45) is 8.00. The number of hydrogen-bond donors (Lipinski definition) is 1. The van der Waals surface area contributed by atoms with Gasteiger partial charge >= 0.3 is 5.97 Å². The van der Waals surface area contributed by atoms with Crippen molar-refractivity contribution in [2.24, 2.45) is 0 Å². The third-order valence-electron chi connectivity index (χ3n) is 4.64. The number of carbonyl (C=O) groups is 2. The molecule has 2 aliphatic carbocycles. The quantitative estimate of drug-likeness (QED) is 0.866. The number of amides is 1. The molecule has 1 saturated carbocycles. The number of nitrogens with one attached hydrogen (secondary N) is 1. The van der Waals surface area contributed by atoms with Gasteiger partial charge in [0, 0.05) is 16.3 Å². The minimum Gasteiger partial charge on any atom is -0.449 e. The summed E-state index contributed by atoms with van der Waals surface area (Å²) in [6.45, 7) is 1.65. The van der Waals surface area contributed by atoms with Gasteiger partial charge in [0.05, 0.1) is 5.56 Å². The Morgan fingerprint density at radius 2 is 1.95 bits per heavy atom. The zero-order valence-electron chi connectivity index (χ0n) is 13.0. The molecule has 0 bridgehead atoms. The highest BCUT2D eigenvalue weighted by Crippen LogP contribution is 2.30. The summed E-state index contributed by atoms with van der Waals surface area (Å²) in [5.74, 6) is -0.530. The fourth-order valence-electron chi connectivity index (χ4n) is 3.33. The van der Waals surface area contributed by atoms with Crippen molar-refractivity contribution >= 4 is 23.2 Å². The zero-order chi connectivity index (χ0) is 15.5. The summed E-state index contributed by atoms with van der Waals surface area (Å²) in [7, 11) is 0. The number of aryl methyl sites for hydroxylation is 1. The molecule has 0 unspecified atom stereocenters. The van der Waals surface area contributed by atoms with Crippen molar-refractivity contribution in [3.63, 3.8) is 0 Å². The molecule has 5 heteroatoms. The van der Waals surface area contributed by atoms with Crippen LogP contribution in [0.1, 0.15) is 66.2 Å². The monoisotopic (exact) mass is 321 g/mol. The van der Waals surface area contributed by atoms with Gasteiger partial charge in [-0.15, -0.1) is 11.3 Å². The van der Waals surface area contributed by atoms with Crippen LogP contribution in [0.3, 0.4) is 0 Å². The Kier molecular flexibility index (Phi) is 4.81. The third kappa shape index (κ3) is 3.35. The van der Waals surface area contributed by atoms with E-state index in [0.717, 1.165) is 37.7 Å². The molecule has 1 amide bonds. The van der Waals surface area contributed by atoms with Gasteiger partial charge in [-0.05, 0) is 51.0 Å². The first-order chi connectivity index (χ1) is 10.6. The van der Waals surface area contributed by atoms with Crippen molar-refractivity contribution in [2.75, 3.05) is 0 Å². The summed E-state index contributed by atoms with van der Waals surface area (Å²) in [4.78, 5) is 25.7. The largest absolute Gasteiger partial charge is 0.449 e. The highest BCUT2D eigenvalue weighted by Gasteiger charge is 2.26. The SMILES string of the molecule is C[C@H](OC(=O)c1csc2c1CCCC2)C(=O)NC1CCCC1. The van der Waals surface area contributed by atoms with Gasteiger partial charge in [0.1, 0.15) is 0 Å². The molecule has 0 aromatic carbocycles. The molecule has 1 aromatic heterocycles. The van der Waals surface area contributed by atoms with Crippen LogP contribution in [0.4, 0.5) is 0 Å². The third-order valence-corrected chi connectivity index (χ3v) is 5.72. The van der Waals surface area contributed by atoms with E-state index in [1.165, 1.54) is 24.1 Å². The Bertz CT molecular complexity index is 560. The van der Waals surface area contributed by atoms with E-state index in [9.17, 15) is 9.59 Å². The first-order valence-corrected chi connectivity index (χ1v) is 9.13. The summed E-state index contributed by atoms with van der Waals surface area (Å²) >= 11 is 1.64. The molecule has 22 heavy (non-hydrogen) atoms. The Hall–Kier alpha value is -1.36. The molecule has 1 atom stereocenters. The van der Waals surface area contributed by atoms with Crippen LogP contribution in [-0.4, -0.2) is 24.0 Å². The van der Waals surface area contributed by atoms with Crippen molar-refractivity contribution < 1.29 is 14.3 Å². The first kappa shape index (κ1) is 15.5. The number of ether oxygens (including phenoxy) is 1. The van der Waals surface area contributed by atoms with Gasteiger partial charge < -0.3 is 10.1 Å². The lowest BCUT2D eigenvalue weighted by Gasteiger charge is -2.18. The molecule has 1 N–H and O–H groups in total. The van der Waals surface area contributed by atoms with E-state index in [4.69, 9.17) is 4.74 Å². The van der Waals surface area contributed by atoms with Gasteiger partial charge in [0.15, 0.2) is 6.10 Å². The smallest absolute Gasteiger partial charge is 0.340 e. The standard InChI is InChI=1S/C17H23NO3S/c1-11(16(19)18-12-6-2-3-7-12)21-17(20)14-10-22-15-9-5-4-8-13(14)15/h10-12H,2-9H2,1H3,(H,18,19)/t11-/m0/s1. The molecule has 3 rings (SSSR count). The molecule has 1 fully saturated rings. The van der Waals surface area contributed by atoms with Gasteiger partial charge in [0.25, 0.3) is 5.91 Å². The molecule has 2 aliphatic rings. The molecular weight excluding hydrogens is 298 g/mol. The number of carbonyl (C=O) groups excluding carboxylic acids is 2. The normalized spacial score (nSPS) is 19.5. The maximum atomic E-state index is 12.3. The van der Waals surface area contributed by atoms with Crippen LogP contribution in [0.2, 0.25) is 0 Å². The Labute approximate surface area is 135 Å². The van der Waals surface area contributed by atoms with Crippen molar-refractivity contribution in [1.82, 2.24) is 5.32 Å². The summed E-state index contributed by atoms with van der Waals surface area (Å²) < 4.78 is 5.39. The van der Waals surface area contributed by atoms with Gasteiger partial charge in [-0.25, -0.2) is 4.79 Å². The second-order valence-corrected chi connectivity index (χ2v) is 7.26. The fraction of sp³-hybridized carbons (Fsp3) is 0.647. The van der Waals surface area contributed by atoms with Crippen molar-refractivity contribution in [2.45, 2.75) is 70.4 Å². The van der Waals surface area contributed by atoms with Crippen molar-refractivity contribution in [3.8, 4) is 0 Å². The van der Waals surface area contributed by atoms with E-state index in [2.05, 4.69) is 5.32 Å². The van der Waals surface area contributed by atoms with Gasteiger partial charge in [-0.2, -0.15) is 0 Å². The highest BCUT2D eigenvalue weighted by molar-refractivity contribution is 7.10. The Morgan fingerprint density at radius 3 is 2.73 bits per heavy atom. The molecule has 0 saturated heterocycles. The number of hydrogen-bond acceptors (Lipinski definition) is 4. The van der Waals surface area contributed by atoms with Gasteiger partial charge in [-0.3, -0.25) is 4.79 Å². The molecular formula is C17H23NO3S. The minimum atomic E-state index is -0.729. The lowest BCUT2D eigenvalue weighted by Crippen LogP contribution is -2.40. The average Bonchev–Trinajstić information content (AvgIpc) is 3.15. The van der Waals surface area contributed by atoms with Crippen LogP contribution in [0.5, 0.6) is 0 Å². The molecule has 0 radical (unpaired) electrons. The first-order valence-electron chi connectivity index (χ1n) is 8.25. The Morgan fingerprint density at radius 1 is 1.23 bits per heavy atom. The molecule has 0 aliphatic heterocycles. The number of thiophene rings is 1. The van der Waals surface area contributed by atoms with E-state index in [1.54, 1.807) is 18.3 Å². The summed E-state index contributed by atoms with van der Waals surface area (Å²) in [5.41, 5.74) is 1.81. The molecule has 0 spiro atoms. The summed E-state index contributed by atoms with van der Waals surface area (Å²) in [6, 6.07) is 0.252.